The highest BCUT2D eigenvalue weighted by molar-refractivity contribution is 5.94. The molecule has 4 rings (SSSR count). The van der Waals surface area contributed by atoms with Gasteiger partial charge in [-0.05, 0) is 24.8 Å². The normalized spacial score (nSPS) is 23.7. The maximum atomic E-state index is 13.7. The van der Waals surface area contributed by atoms with E-state index in [4.69, 9.17) is 0 Å². The first kappa shape index (κ1) is 21.5. The number of rotatable bonds is 3. The number of pyridine rings is 1. The highest BCUT2D eigenvalue weighted by atomic mass is 19.4. The largest absolute Gasteiger partial charge is 0.410 e. The lowest BCUT2D eigenvalue weighted by Crippen LogP contribution is -2.41. The van der Waals surface area contributed by atoms with Gasteiger partial charge in [0.25, 0.3) is 5.91 Å². The van der Waals surface area contributed by atoms with Gasteiger partial charge in [-0.25, -0.2) is 4.68 Å². The zero-order chi connectivity index (χ0) is 22.5. The van der Waals surface area contributed by atoms with Crippen LogP contribution in [0.2, 0.25) is 0 Å². The molecular weight excluding hydrogens is 411 g/mol. The van der Waals surface area contributed by atoms with E-state index < -0.39 is 12.2 Å². The minimum absolute atomic E-state index is 0.0541. The lowest BCUT2D eigenvalue weighted by Gasteiger charge is -2.35. The molecule has 1 fully saturated rings. The van der Waals surface area contributed by atoms with Crippen molar-refractivity contribution in [1.29, 1.82) is 0 Å². The fraction of sp³-hybridized carbons (Fsp3) is 0.571. The molecule has 0 saturated carbocycles. The Hall–Kier alpha value is -2.78. The van der Waals surface area contributed by atoms with Gasteiger partial charge in [-0.3, -0.25) is 9.59 Å². The Morgan fingerprint density at radius 1 is 1.29 bits per heavy atom. The molecule has 2 aromatic heterocycles. The summed E-state index contributed by atoms with van der Waals surface area (Å²) in [6.45, 7) is 4.66. The molecule has 1 saturated heterocycles. The standard InChI is InChI=1S/C21H26F3N5O2/c1-12(2)15-8-17(21(22,23)24)29-18(25-15)9-16(26-29)13-6-7-28(11-13)20(31)14-4-5-19(30)27(3)10-14/h4-5,9-10,12-13,15,17,25H,6-8,11H2,1-3H3/t13?,15-,17+/m0/s1. The van der Waals surface area contributed by atoms with Gasteiger partial charge in [0.1, 0.15) is 5.82 Å². The Bertz CT molecular complexity index is 1040. The first-order valence-corrected chi connectivity index (χ1v) is 10.4. The van der Waals surface area contributed by atoms with Crippen molar-refractivity contribution >= 4 is 11.7 Å². The van der Waals surface area contributed by atoms with Crippen molar-refractivity contribution in [3.63, 3.8) is 0 Å². The molecule has 168 valence electrons. The number of nitrogens with one attached hydrogen (secondary N) is 1. The van der Waals surface area contributed by atoms with Gasteiger partial charge in [-0.1, -0.05) is 13.8 Å². The van der Waals surface area contributed by atoms with Crippen molar-refractivity contribution in [2.45, 2.75) is 50.9 Å². The number of aromatic nitrogens is 3. The summed E-state index contributed by atoms with van der Waals surface area (Å²) >= 11 is 0. The van der Waals surface area contributed by atoms with Crippen LogP contribution in [-0.2, 0) is 7.05 Å². The maximum absolute atomic E-state index is 13.7. The molecule has 1 unspecified atom stereocenters. The second kappa shape index (κ2) is 7.72. The van der Waals surface area contributed by atoms with Crippen LogP contribution < -0.4 is 10.9 Å². The highest BCUT2D eigenvalue weighted by Gasteiger charge is 2.47. The van der Waals surface area contributed by atoms with Crippen molar-refractivity contribution < 1.29 is 18.0 Å². The Morgan fingerprint density at radius 3 is 2.68 bits per heavy atom. The summed E-state index contributed by atoms with van der Waals surface area (Å²) in [5.41, 5.74) is 0.772. The molecule has 2 aliphatic heterocycles. The fourth-order valence-corrected chi connectivity index (χ4v) is 4.35. The number of amides is 1. The van der Waals surface area contributed by atoms with Gasteiger partial charge >= 0.3 is 6.18 Å². The summed E-state index contributed by atoms with van der Waals surface area (Å²) < 4.78 is 43.5. The zero-order valence-corrected chi connectivity index (χ0v) is 17.7. The van der Waals surface area contributed by atoms with E-state index in [2.05, 4.69) is 10.4 Å². The van der Waals surface area contributed by atoms with Gasteiger partial charge in [0, 0.05) is 50.4 Å². The summed E-state index contributed by atoms with van der Waals surface area (Å²) in [6.07, 6.45) is -2.32. The molecule has 0 spiro atoms. The van der Waals surface area contributed by atoms with Gasteiger partial charge in [0.05, 0.1) is 11.3 Å². The molecule has 0 aromatic carbocycles. The molecule has 1 N–H and O–H groups in total. The van der Waals surface area contributed by atoms with Gasteiger partial charge in [0.15, 0.2) is 6.04 Å². The zero-order valence-electron chi connectivity index (χ0n) is 17.7. The van der Waals surface area contributed by atoms with Gasteiger partial charge in [-0.15, -0.1) is 0 Å². The van der Waals surface area contributed by atoms with Gasteiger partial charge in [0.2, 0.25) is 5.56 Å². The Balaban J connectivity index is 1.55. The average molecular weight is 437 g/mol. The minimum Gasteiger partial charge on any atom is -0.367 e. The van der Waals surface area contributed by atoms with E-state index in [1.807, 2.05) is 13.8 Å². The van der Waals surface area contributed by atoms with Crippen LogP contribution >= 0.6 is 0 Å². The number of anilines is 1. The van der Waals surface area contributed by atoms with E-state index in [1.54, 1.807) is 18.0 Å². The lowest BCUT2D eigenvalue weighted by molar-refractivity contribution is -0.174. The van der Waals surface area contributed by atoms with Crippen molar-refractivity contribution in [3.05, 3.63) is 46.0 Å². The summed E-state index contributed by atoms with van der Waals surface area (Å²) in [7, 11) is 1.58. The average Bonchev–Trinajstić information content (AvgIpc) is 3.34. The lowest BCUT2D eigenvalue weighted by atomic mass is 9.94. The van der Waals surface area contributed by atoms with E-state index >= 15 is 0 Å². The minimum atomic E-state index is -4.38. The predicted octanol–water partition coefficient (Wildman–Crippen LogP) is 3.16. The van der Waals surface area contributed by atoms with Crippen molar-refractivity contribution in [2.24, 2.45) is 13.0 Å². The van der Waals surface area contributed by atoms with Crippen molar-refractivity contribution in [3.8, 4) is 0 Å². The monoisotopic (exact) mass is 437 g/mol. The van der Waals surface area contributed by atoms with E-state index in [9.17, 15) is 22.8 Å². The number of halogens is 3. The fourth-order valence-electron chi connectivity index (χ4n) is 4.35. The number of hydrogen-bond donors (Lipinski definition) is 1. The van der Waals surface area contributed by atoms with Gasteiger partial charge in [-0.2, -0.15) is 18.3 Å². The highest BCUT2D eigenvalue weighted by Crippen LogP contribution is 2.42. The Morgan fingerprint density at radius 2 is 2.03 bits per heavy atom. The summed E-state index contributed by atoms with van der Waals surface area (Å²) in [5.74, 6) is 0.0968. The first-order chi connectivity index (χ1) is 14.5. The second-order valence-corrected chi connectivity index (χ2v) is 8.79. The number of carbonyl (C=O) groups excluding carboxylic acids is 1. The van der Waals surface area contributed by atoms with Crippen molar-refractivity contribution in [1.82, 2.24) is 19.2 Å². The van der Waals surface area contributed by atoms with Crippen LogP contribution in [0.4, 0.5) is 19.0 Å². The Kier molecular flexibility index (Phi) is 5.35. The van der Waals surface area contributed by atoms with E-state index in [1.165, 1.54) is 22.9 Å². The first-order valence-electron chi connectivity index (χ1n) is 10.4. The van der Waals surface area contributed by atoms with Gasteiger partial charge < -0.3 is 14.8 Å². The molecule has 2 aromatic rings. The topological polar surface area (TPSA) is 72.2 Å². The molecule has 31 heavy (non-hydrogen) atoms. The molecule has 1 amide bonds. The predicted molar refractivity (Wildman–Crippen MR) is 109 cm³/mol. The van der Waals surface area contributed by atoms with E-state index in [0.29, 0.717) is 36.6 Å². The Labute approximate surface area is 177 Å². The number of aryl methyl sites for hydroxylation is 1. The van der Waals surface area contributed by atoms with E-state index in [0.717, 1.165) is 4.68 Å². The van der Waals surface area contributed by atoms with E-state index in [-0.39, 0.29) is 35.8 Å². The maximum Gasteiger partial charge on any atom is 0.410 e. The van der Waals surface area contributed by atoms with Crippen molar-refractivity contribution in [2.75, 3.05) is 18.4 Å². The van der Waals surface area contributed by atoms with Crippen LogP contribution in [0.3, 0.4) is 0 Å². The molecule has 4 heterocycles. The third-order valence-corrected chi connectivity index (χ3v) is 6.27. The van der Waals surface area contributed by atoms with Crippen LogP contribution in [-0.4, -0.2) is 50.5 Å². The number of fused-ring (bicyclic) bond motifs is 1. The van der Waals surface area contributed by atoms with Crippen LogP contribution in [0.1, 0.15) is 54.7 Å². The van der Waals surface area contributed by atoms with Crippen LogP contribution in [0, 0.1) is 5.92 Å². The summed E-state index contributed by atoms with van der Waals surface area (Å²) in [6, 6.07) is 2.60. The molecule has 0 radical (unpaired) electrons. The third kappa shape index (κ3) is 4.07. The molecule has 3 atom stereocenters. The molecular formula is C21H26F3N5O2. The molecule has 0 aliphatic carbocycles. The number of likely N-dealkylation sites (tertiary alicyclic amines) is 1. The number of alkyl halides is 3. The number of hydrogen-bond acceptors (Lipinski definition) is 4. The summed E-state index contributed by atoms with van der Waals surface area (Å²) in [4.78, 5) is 26.0. The van der Waals surface area contributed by atoms with Crippen LogP contribution in [0.5, 0.6) is 0 Å². The molecule has 0 bridgehead atoms. The molecule has 7 nitrogen and oxygen atoms in total. The summed E-state index contributed by atoms with van der Waals surface area (Å²) in [5, 5.41) is 7.52. The molecule has 10 heteroatoms. The quantitative estimate of drug-likeness (QED) is 0.801. The van der Waals surface area contributed by atoms with Crippen LogP contribution in [0.25, 0.3) is 0 Å². The number of carbonyl (C=O) groups is 1. The third-order valence-electron chi connectivity index (χ3n) is 6.27. The SMILES string of the molecule is CC(C)[C@@H]1C[C@H](C(F)(F)F)n2nc(C3CCN(C(=O)c4ccc(=O)n(C)c4)C3)cc2N1. The second-order valence-electron chi connectivity index (χ2n) is 8.79. The molecule has 2 aliphatic rings. The van der Waals surface area contributed by atoms with Crippen LogP contribution in [0.15, 0.2) is 29.2 Å². The smallest absolute Gasteiger partial charge is 0.367 e. The number of nitrogens with zero attached hydrogens (tertiary/aromatic N) is 4.